The highest BCUT2D eigenvalue weighted by Crippen LogP contribution is 2.51. The third-order valence-corrected chi connectivity index (χ3v) is 7.28. The van der Waals surface area contributed by atoms with Crippen molar-refractivity contribution >= 4 is 5.91 Å². The Balaban J connectivity index is 1.67. The highest BCUT2D eigenvalue weighted by Gasteiger charge is 2.54. The number of carbonyl (C=O) groups is 1. The minimum Gasteiger partial charge on any atom is -0.494 e. The summed E-state index contributed by atoms with van der Waals surface area (Å²) >= 11 is 0. The maximum absolute atomic E-state index is 13.5. The summed E-state index contributed by atoms with van der Waals surface area (Å²) in [6, 6.07) is 15.0. The summed E-state index contributed by atoms with van der Waals surface area (Å²) in [6.45, 7) is 6.87. The van der Waals surface area contributed by atoms with Crippen molar-refractivity contribution in [1.82, 2.24) is 10.2 Å². The number of carbonyl (C=O) groups excluding carboxylic acids is 1. The largest absolute Gasteiger partial charge is 0.494 e. The van der Waals surface area contributed by atoms with Crippen molar-refractivity contribution in [1.29, 1.82) is 0 Å². The normalized spacial score (nSPS) is 24.1. The summed E-state index contributed by atoms with van der Waals surface area (Å²) in [6.07, 6.45) is 5.67. The fourth-order valence-corrected chi connectivity index (χ4v) is 5.58. The Kier molecular flexibility index (Phi) is 5.88. The van der Waals surface area contributed by atoms with Crippen LogP contribution in [-0.4, -0.2) is 36.0 Å². The molecule has 2 heterocycles. The fourth-order valence-electron chi connectivity index (χ4n) is 5.58. The first-order valence-corrected chi connectivity index (χ1v) is 11.3. The summed E-state index contributed by atoms with van der Waals surface area (Å²) in [5, 5.41) is 3.46. The van der Waals surface area contributed by atoms with Crippen LogP contribution in [-0.2, 0) is 0 Å². The predicted molar refractivity (Wildman–Crippen MR) is 121 cm³/mol. The summed E-state index contributed by atoms with van der Waals surface area (Å²) in [7, 11) is 2.24. The number of rotatable bonds is 7. The van der Waals surface area contributed by atoms with E-state index in [2.05, 4.69) is 36.3 Å². The van der Waals surface area contributed by atoms with Crippen LogP contribution in [0.15, 0.2) is 42.5 Å². The van der Waals surface area contributed by atoms with Gasteiger partial charge in [0.25, 0.3) is 5.91 Å². The lowest BCUT2D eigenvalue weighted by atomic mass is 9.78. The van der Waals surface area contributed by atoms with Gasteiger partial charge in [-0.05, 0) is 81.8 Å². The number of aryl methyl sites for hydroxylation is 2. The van der Waals surface area contributed by atoms with Gasteiger partial charge in [-0.15, -0.1) is 0 Å². The Morgan fingerprint density at radius 2 is 1.77 bits per heavy atom. The minimum absolute atomic E-state index is 0.0112. The second-order valence-electron chi connectivity index (χ2n) is 9.04. The molecular formula is C26H34N2O2. The fraction of sp³-hybridized carbons (Fsp3) is 0.500. The van der Waals surface area contributed by atoms with Crippen molar-refractivity contribution in [3.63, 3.8) is 0 Å². The van der Waals surface area contributed by atoms with E-state index in [1.54, 1.807) is 0 Å². The van der Waals surface area contributed by atoms with Gasteiger partial charge >= 0.3 is 0 Å². The van der Waals surface area contributed by atoms with E-state index < -0.39 is 0 Å². The predicted octanol–water partition coefficient (Wildman–Crippen LogP) is 5.19. The van der Waals surface area contributed by atoms with E-state index in [9.17, 15) is 4.79 Å². The van der Waals surface area contributed by atoms with Gasteiger partial charge in [0.05, 0.1) is 12.6 Å². The number of amides is 1. The summed E-state index contributed by atoms with van der Waals surface area (Å²) in [5.74, 6) is 0.919. The van der Waals surface area contributed by atoms with Gasteiger partial charge in [0.15, 0.2) is 0 Å². The topological polar surface area (TPSA) is 41.6 Å². The molecule has 4 heteroatoms. The maximum Gasteiger partial charge on any atom is 0.252 e. The molecule has 1 atom stereocenters. The number of hydrogen-bond acceptors (Lipinski definition) is 3. The number of ether oxygens (including phenoxy) is 1. The van der Waals surface area contributed by atoms with Crippen molar-refractivity contribution in [2.24, 2.45) is 0 Å². The molecule has 2 fully saturated rings. The van der Waals surface area contributed by atoms with Gasteiger partial charge in [-0.2, -0.15) is 0 Å². The van der Waals surface area contributed by atoms with Gasteiger partial charge in [-0.1, -0.05) is 37.3 Å². The van der Waals surface area contributed by atoms with E-state index in [0.29, 0.717) is 6.04 Å². The van der Waals surface area contributed by atoms with E-state index in [1.165, 1.54) is 12.8 Å². The van der Waals surface area contributed by atoms with Gasteiger partial charge in [0, 0.05) is 17.1 Å². The molecule has 2 aromatic carbocycles. The van der Waals surface area contributed by atoms with Crippen LogP contribution >= 0.6 is 0 Å². The van der Waals surface area contributed by atoms with Crippen LogP contribution in [0.25, 0.3) is 0 Å². The standard InChI is InChI=1S/C26H34N2O2/c1-5-17-30-22-11-9-20(10-12-22)24(26-15-13-21(14-16-26)28(26)4)27-25(29)23-18(2)7-6-8-19(23)3/h6-12,21,24H,5,13-17H2,1-4H3,(H,27,29). The van der Waals surface area contributed by atoms with Gasteiger partial charge < -0.3 is 10.1 Å². The highest BCUT2D eigenvalue weighted by atomic mass is 16.5. The lowest BCUT2D eigenvalue weighted by molar-refractivity contribution is 0.0836. The van der Waals surface area contributed by atoms with E-state index in [0.717, 1.165) is 53.9 Å². The van der Waals surface area contributed by atoms with Crippen LogP contribution in [0.1, 0.15) is 72.1 Å². The van der Waals surface area contributed by atoms with Crippen LogP contribution < -0.4 is 10.1 Å². The first kappa shape index (κ1) is 20.9. The van der Waals surface area contributed by atoms with Crippen molar-refractivity contribution < 1.29 is 9.53 Å². The second kappa shape index (κ2) is 8.43. The lowest BCUT2D eigenvalue weighted by Crippen LogP contribution is -2.51. The Bertz CT molecular complexity index is 877. The van der Waals surface area contributed by atoms with E-state index >= 15 is 0 Å². The molecule has 0 aliphatic carbocycles. The Hall–Kier alpha value is -2.33. The third kappa shape index (κ3) is 3.62. The molecule has 0 radical (unpaired) electrons. The van der Waals surface area contributed by atoms with E-state index in [1.807, 2.05) is 44.2 Å². The number of benzene rings is 2. The summed E-state index contributed by atoms with van der Waals surface area (Å²) in [4.78, 5) is 16.0. The third-order valence-electron chi connectivity index (χ3n) is 7.28. The molecule has 2 saturated heterocycles. The van der Waals surface area contributed by atoms with Crippen LogP contribution in [0.3, 0.4) is 0 Å². The zero-order chi connectivity index (χ0) is 21.3. The number of fused-ring (bicyclic) bond motifs is 2. The monoisotopic (exact) mass is 406 g/mol. The van der Waals surface area contributed by atoms with Crippen molar-refractivity contribution in [2.45, 2.75) is 70.5 Å². The lowest BCUT2D eigenvalue weighted by Gasteiger charge is -2.41. The number of likely N-dealkylation sites (N-methyl/N-ethyl adjacent to an activating group) is 1. The Morgan fingerprint density at radius 3 is 2.30 bits per heavy atom. The molecule has 1 amide bonds. The van der Waals surface area contributed by atoms with E-state index in [-0.39, 0.29) is 17.5 Å². The smallest absolute Gasteiger partial charge is 0.252 e. The van der Waals surface area contributed by atoms with Crippen LogP contribution in [0, 0.1) is 13.8 Å². The number of nitrogens with one attached hydrogen (secondary N) is 1. The average Bonchev–Trinajstić information content (AvgIpc) is 3.23. The first-order valence-electron chi connectivity index (χ1n) is 11.3. The molecule has 0 saturated carbocycles. The Morgan fingerprint density at radius 1 is 1.13 bits per heavy atom. The van der Waals surface area contributed by atoms with Gasteiger partial charge in [-0.3, -0.25) is 9.69 Å². The molecule has 0 aromatic heterocycles. The quantitative estimate of drug-likeness (QED) is 0.688. The van der Waals surface area contributed by atoms with Crippen molar-refractivity contribution in [3.8, 4) is 5.75 Å². The van der Waals surface area contributed by atoms with E-state index in [4.69, 9.17) is 4.74 Å². The van der Waals surface area contributed by atoms with Crippen LogP contribution in [0.5, 0.6) is 5.75 Å². The highest BCUT2D eigenvalue weighted by molar-refractivity contribution is 5.97. The maximum atomic E-state index is 13.5. The Labute approximate surface area is 180 Å². The number of nitrogens with zero attached hydrogens (tertiary/aromatic N) is 1. The molecule has 4 nitrogen and oxygen atoms in total. The summed E-state index contributed by atoms with van der Waals surface area (Å²) < 4.78 is 5.78. The van der Waals surface area contributed by atoms with Crippen LogP contribution in [0.4, 0.5) is 0 Å². The number of hydrogen-bond donors (Lipinski definition) is 1. The molecule has 2 aromatic rings. The molecule has 0 spiro atoms. The first-order chi connectivity index (χ1) is 14.5. The molecule has 4 rings (SSSR count). The second-order valence-corrected chi connectivity index (χ2v) is 9.04. The van der Waals surface area contributed by atoms with Gasteiger partial charge in [0.2, 0.25) is 0 Å². The van der Waals surface area contributed by atoms with Crippen molar-refractivity contribution in [3.05, 3.63) is 64.7 Å². The zero-order valence-electron chi connectivity index (χ0n) is 18.7. The minimum atomic E-state index is -0.0401. The molecule has 2 aliphatic rings. The molecule has 160 valence electrons. The molecule has 2 bridgehead atoms. The van der Waals surface area contributed by atoms with Crippen LogP contribution in [0.2, 0.25) is 0 Å². The molecule has 1 unspecified atom stereocenters. The molecule has 1 N–H and O–H groups in total. The van der Waals surface area contributed by atoms with Gasteiger partial charge in [0.1, 0.15) is 5.75 Å². The van der Waals surface area contributed by atoms with Gasteiger partial charge in [-0.25, -0.2) is 0 Å². The average molecular weight is 407 g/mol. The molecule has 2 aliphatic heterocycles. The SMILES string of the molecule is CCCOc1ccc(C(NC(=O)c2c(C)cccc2C)C23CCC(CC2)N3C)cc1. The summed E-state index contributed by atoms with van der Waals surface area (Å²) in [5.41, 5.74) is 4.00. The zero-order valence-corrected chi connectivity index (χ0v) is 18.7. The molecular weight excluding hydrogens is 372 g/mol. The molecule has 30 heavy (non-hydrogen) atoms. The van der Waals surface area contributed by atoms with Crippen molar-refractivity contribution in [2.75, 3.05) is 13.7 Å².